The lowest BCUT2D eigenvalue weighted by molar-refractivity contribution is 0.176. The van der Waals surface area contributed by atoms with Gasteiger partial charge in [0.15, 0.2) is 17.5 Å². The van der Waals surface area contributed by atoms with Crippen LogP contribution in [0.2, 0.25) is 0 Å². The molecule has 0 radical (unpaired) electrons. The molecule has 1 unspecified atom stereocenters. The molecule has 1 atom stereocenters. The average Bonchev–Trinajstić information content (AvgIpc) is 2.44. The monoisotopic (exact) mass is 360 g/mol. The molecule has 112 valence electrons. The largest absolute Gasteiger partial charge is 0.496 e. The summed E-state index contributed by atoms with van der Waals surface area (Å²) in [5.74, 6) is -3.66. The summed E-state index contributed by atoms with van der Waals surface area (Å²) >= 11 is 3.30. The SMILES string of the molecule is COc1ccc(Br)cc1CC(O)c1cc(F)c(F)c(F)c1. The van der Waals surface area contributed by atoms with E-state index in [9.17, 15) is 18.3 Å². The zero-order chi connectivity index (χ0) is 15.6. The molecular weight excluding hydrogens is 349 g/mol. The maximum absolute atomic E-state index is 13.2. The second kappa shape index (κ2) is 6.49. The van der Waals surface area contributed by atoms with E-state index in [-0.39, 0.29) is 12.0 Å². The van der Waals surface area contributed by atoms with Crippen LogP contribution in [0.15, 0.2) is 34.8 Å². The molecule has 21 heavy (non-hydrogen) atoms. The highest BCUT2D eigenvalue weighted by Crippen LogP contribution is 2.29. The van der Waals surface area contributed by atoms with E-state index in [0.29, 0.717) is 11.3 Å². The van der Waals surface area contributed by atoms with Crippen LogP contribution in [0.1, 0.15) is 17.2 Å². The average molecular weight is 361 g/mol. The van der Waals surface area contributed by atoms with Crippen LogP contribution in [0, 0.1) is 17.5 Å². The quantitative estimate of drug-likeness (QED) is 0.830. The Kier molecular flexibility index (Phi) is 4.90. The van der Waals surface area contributed by atoms with E-state index >= 15 is 0 Å². The number of rotatable bonds is 4. The number of aliphatic hydroxyl groups is 1. The molecule has 0 bridgehead atoms. The van der Waals surface area contributed by atoms with E-state index in [1.807, 2.05) is 0 Å². The van der Waals surface area contributed by atoms with E-state index in [4.69, 9.17) is 4.74 Å². The summed E-state index contributed by atoms with van der Waals surface area (Å²) < 4.78 is 45.2. The van der Waals surface area contributed by atoms with Gasteiger partial charge in [-0.25, -0.2) is 13.2 Å². The third kappa shape index (κ3) is 3.57. The van der Waals surface area contributed by atoms with Gasteiger partial charge in [0.2, 0.25) is 0 Å². The Morgan fingerprint density at radius 2 is 1.76 bits per heavy atom. The summed E-state index contributed by atoms with van der Waals surface area (Å²) in [6.45, 7) is 0. The third-order valence-corrected chi connectivity index (χ3v) is 3.54. The summed E-state index contributed by atoms with van der Waals surface area (Å²) in [5.41, 5.74) is 0.623. The zero-order valence-electron chi connectivity index (χ0n) is 11.0. The van der Waals surface area contributed by atoms with Crippen LogP contribution in [0.25, 0.3) is 0 Å². The number of benzene rings is 2. The van der Waals surface area contributed by atoms with Gasteiger partial charge in [-0.05, 0) is 41.5 Å². The first-order valence-electron chi connectivity index (χ1n) is 6.07. The lowest BCUT2D eigenvalue weighted by atomic mass is 10.0. The van der Waals surface area contributed by atoms with Crippen molar-refractivity contribution in [2.75, 3.05) is 7.11 Å². The van der Waals surface area contributed by atoms with Gasteiger partial charge >= 0.3 is 0 Å². The highest BCUT2D eigenvalue weighted by atomic mass is 79.9. The minimum absolute atomic E-state index is 0.0339. The minimum Gasteiger partial charge on any atom is -0.496 e. The van der Waals surface area contributed by atoms with E-state index in [1.165, 1.54) is 7.11 Å². The summed E-state index contributed by atoms with van der Waals surface area (Å²) in [5, 5.41) is 10.1. The first-order valence-corrected chi connectivity index (χ1v) is 6.86. The molecule has 0 fully saturated rings. The molecule has 2 rings (SSSR count). The Labute approximate surface area is 128 Å². The number of hydrogen-bond donors (Lipinski definition) is 1. The fourth-order valence-electron chi connectivity index (χ4n) is 2.00. The Morgan fingerprint density at radius 1 is 1.14 bits per heavy atom. The number of ether oxygens (including phenoxy) is 1. The molecule has 0 aromatic heterocycles. The molecule has 0 aliphatic carbocycles. The molecule has 2 aromatic carbocycles. The lowest BCUT2D eigenvalue weighted by Crippen LogP contribution is -2.06. The van der Waals surface area contributed by atoms with Crippen molar-refractivity contribution in [3.05, 3.63) is 63.4 Å². The molecule has 1 N–H and O–H groups in total. The van der Waals surface area contributed by atoms with Crippen LogP contribution < -0.4 is 4.74 Å². The molecular formula is C15H12BrF3O2. The fraction of sp³-hybridized carbons (Fsp3) is 0.200. The molecule has 2 aromatic rings. The van der Waals surface area contributed by atoms with Crippen LogP contribution >= 0.6 is 15.9 Å². The molecule has 0 aliphatic rings. The fourth-order valence-corrected chi connectivity index (χ4v) is 2.41. The molecule has 0 aliphatic heterocycles. The van der Waals surface area contributed by atoms with Crippen LogP contribution in [0.4, 0.5) is 13.2 Å². The lowest BCUT2D eigenvalue weighted by Gasteiger charge is -2.14. The maximum atomic E-state index is 13.2. The molecule has 0 saturated carbocycles. The summed E-state index contributed by atoms with van der Waals surface area (Å²) in [6.07, 6.45) is -1.11. The zero-order valence-corrected chi connectivity index (χ0v) is 12.6. The molecule has 2 nitrogen and oxygen atoms in total. The Balaban J connectivity index is 2.30. The Bertz CT molecular complexity index is 638. The molecule has 0 saturated heterocycles. The van der Waals surface area contributed by atoms with Crippen molar-refractivity contribution < 1.29 is 23.0 Å². The maximum Gasteiger partial charge on any atom is 0.194 e. The topological polar surface area (TPSA) is 29.5 Å². The van der Waals surface area contributed by atoms with Crippen molar-refractivity contribution >= 4 is 15.9 Å². The highest BCUT2D eigenvalue weighted by molar-refractivity contribution is 9.10. The molecule has 0 heterocycles. The molecule has 0 amide bonds. The van der Waals surface area contributed by atoms with Gasteiger partial charge in [-0.15, -0.1) is 0 Å². The predicted molar refractivity (Wildman–Crippen MR) is 75.7 cm³/mol. The Morgan fingerprint density at radius 3 is 2.33 bits per heavy atom. The number of halogens is 4. The summed E-state index contributed by atoms with van der Waals surface area (Å²) in [6, 6.07) is 6.78. The van der Waals surface area contributed by atoms with Gasteiger partial charge < -0.3 is 9.84 Å². The molecule has 6 heteroatoms. The normalized spacial score (nSPS) is 12.3. The summed E-state index contributed by atoms with van der Waals surface area (Å²) in [4.78, 5) is 0. The minimum atomic E-state index is -1.55. The first-order chi connectivity index (χ1) is 9.92. The Hall–Kier alpha value is -1.53. The third-order valence-electron chi connectivity index (χ3n) is 3.05. The van der Waals surface area contributed by atoms with Gasteiger partial charge in [-0.2, -0.15) is 0 Å². The van der Waals surface area contributed by atoms with Gasteiger partial charge in [-0.3, -0.25) is 0 Å². The standard InChI is InChI=1S/C15H12BrF3O2/c1-21-14-3-2-10(16)4-9(14)7-13(20)8-5-11(17)15(19)12(18)6-8/h2-6,13,20H,7H2,1H3. The number of hydrogen-bond acceptors (Lipinski definition) is 2. The van der Waals surface area contributed by atoms with E-state index in [2.05, 4.69) is 15.9 Å². The van der Waals surface area contributed by atoms with E-state index in [0.717, 1.165) is 16.6 Å². The van der Waals surface area contributed by atoms with Gasteiger partial charge in [-0.1, -0.05) is 15.9 Å². The van der Waals surface area contributed by atoms with Crippen molar-refractivity contribution in [3.63, 3.8) is 0 Å². The summed E-state index contributed by atoms with van der Waals surface area (Å²) in [7, 11) is 1.48. The van der Waals surface area contributed by atoms with Gasteiger partial charge in [0.1, 0.15) is 5.75 Å². The van der Waals surface area contributed by atoms with Crippen LogP contribution in [-0.2, 0) is 6.42 Å². The first kappa shape index (κ1) is 15.9. The predicted octanol–water partition coefficient (Wildman–Crippen LogP) is 4.15. The van der Waals surface area contributed by atoms with Crippen LogP contribution in [0.5, 0.6) is 5.75 Å². The highest BCUT2D eigenvalue weighted by Gasteiger charge is 2.17. The number of methoxy groups -OCH3 is 1. The second-order valence-corrected chi connectivity index (χ2v) is 5.39. The van der Waals surface area contributed by atoms with Crippen molar-refractivity contribution in [1.82, 2.24) is 0 Å². The van der Waals surface area contributed by atoms with Crippen molar-refractivity contribution in [2.45, 2.75) is 12.5 Å². The van der Waals surface area contributed by atoms with Crippen LogP contribution in [0.3, 0.4) is 0 Å². The molecule has 0 spiro atoms. The van der Waals surface area contributed by atoms with Gasteiger partial charge in [0.05, 0.1) is 13.2 Å². The van der Waals surface area contributed by atoms with Crippen molar-refractivity contribution in [1.29, 1.82) is 0 Å². The van der Waals surface area contributed by atoms with Gasteiger partial charge in [0, 0.05) is 10.9 Å². The smallest absolute Gasteiger partial charge is 0.194 e. The van der Waals surface area contributed by atoms with Crippen molar-refractivity contribution in [3.8, 4) is 5.75 Å². The second-order valence-electron chi connectivity index (χ2n) is 4.47. The van der Waals surface area contributed by atoms with E-state index in [1.54, 1.807) is 18.2 Å². The van der Waals surface area contributed by atoms with Crippen molar-refractivity contribution in [2.24, 2.45) is 0 Å². The van der Waals surface area contributed by atoms with Crippen LogP contribution in [-0.4, -0.2) is 12.2 Å². The van der Waals surface area contributed by atoms with E-state index < -0.39 is 23.6 Å². The van der Waals surface area contributed by atoms with Gasteiger partial charge in [0.25, 0.3) is 0 Å². The number of aliphatic hydroxyl groups excluding tert-OH is 1.